The minimum atomic E-state index is -4.24. The summed E-state index contributed by atoms with van der Waals surface area (Å²) in [5, 5.41) is 23.6. The van der Waals surface area contributed by atoms with Crippen molar-refractivity contribution in [1.82, 2.24) is 20.3 Å². The maximum atomic E-state index is 13.6. The van der Waals surface area contributed by atoms with Crippen LogP contribution in [0.5, 0.6) is 0 Å². The molecular formula is C38H46Cl2N6O8S. The first-order valence-corrected chi connectivity index (χ1v) is 20.0. The third-order valence-corrected chi connectivity index (χ3v) is 12.0. The standard InChI is InChI=1S/C38H46Cl2N6O8S/c1-5-23(2)33(45-32(47)19-25-11-13-28(14-12-25)42-37(52)44-30-10-7-6-9-24(30)3)34(48)41-17-15-31(35(49)50)43-36(51)38(4)16-8-18-46(38)55(53,54)29-21-26(39)20-27(40)22-29/h6-7,9-14,20-23,31,33H,5,8,15-19H2,1-4H3,(H,41,48)(H,43,51)(H,45,47)(H,49,50)(H2,42,44,52)/t23?,31-,33-,38-/m0/s1. The zero-order valence-corrected chi connectivity index (χ0v) is 33.3. The van der Waals surface area contributed by atoms with Gasteiger partial charge in [0.25, 0.3) is 0 Å². The highest BCUT2D eigenvalue weighted by molar-refractivity contribution is 7.89. The molecule has 296 valence electrons. The number of benzene rings is 3. The number of urea groups is 1. The van der Waals surface area contributed by atoms with Gasteiger partial charge < -0.3 is 31.7 Å². The zero-order chi connectivity index (χ0) is 40.5. The number of carboxylic acid groups (broad SMARTS) is 1. The van der Waals surface area contributed by atoms with Gasteiger partial charge in [-0.1, -0.05) is 73.8 Å². The number of carbonyl (C=O) groups excluding carboxylic acids is 4. The Kier molecular flexibility index (Phi) is 14.7. The molecule has 5 amide bonds. The van der Waals surface area contributed by atoms with E-state index in [2.05, 4.69) is 26.6 Å². The summed E-state index contributed by atoms with van der Waals surface area (Å²) < 4.78 is 28.2. The predicted molar refractivity (Wildman–Crippen MR) is 211 cm³/mol. The number of amides is 5. The number of para-hydroxylation sites is 1. The van der Waals surface area contributed by atoms with Gasteiger partial charge in [0.05, 0.1) is 11.3 Å². The van der Waals surface area contributed by atoms with E-state index in [4.69, 9.17) is 23.2 Å². The lowest BCUT2D eigenvalue weighted by molar-refractivity contribution is -0.143. The molecule has 1 saturated heterocycles. The molecule has 1 aliphatic heterocycles. The molecule has 0 spiro atoms. The maximum absolute atomic E-state index is 13.6. The Hall–Kier alpha value is -4.70. The van der Waals surface area contributed by atoms with Crippen molar-refractivity contribution in [2.24, 2.45) is 5.92 Å². The Morgan fingerprint density at radius 1 is 0.945 bits per heavy atom. The van der Waals surface area contributed by atoms with Crippen LogP contribution in [0.15, 0.2) is 71.6 Å². The summed E-state index contributed by atoms with van der Waals surface area (Å²) in [7, 11) is -4.24. The summed E-state index contributed by atoms with van der Waals surface area (Å²) in [5.74, 6) is -3.40. The molecule has 0 aliphatic carbocycles. The summed E-state index contributed by atoms with van der Waals surface area (Å²) in [6, 6.07) is 15.1. The fraction of sp³-hybridized carbons (Fsp3) is 0.395. The van der Waals surface area contributed by atoms with Crippen LogP contribution in [0.1, 0.15) is 57.6 Å². The molecule has 17 heteroatoms. The third kappa shape index (κ3) is 11.2. The van der Waals surface area contributed by atoms with Gasteiger partial charge in [0.2, 0.25) is 27.7 Å². The van der Waals surface area contributed by atoms with E-state index in [9.17, 15) is 37.5 Å². The van der Waals surface area contributed by atoms with Gasteiger partial charge in [-0.15, -0.1) is 0 Å². The number of sulfonamides is 1. The summed E-state index contributed by atoms with van der Waals surface area (Å²) in [4.78, 5) is 64.4. The van der Waals surface area contributed by atoms with Crippen LogP contribution < -0.4 is 26.6 Å². The van der Waals surface area contributed by atoms with Gasteiger partial charge in [0.15, 0.2) is 0 Å². The normalized spacial score (nSPS) is 17.3. The lowest BCUT2D eigenvalue weighted by Crippen LogP contribution is -2.58. The number of aryl methyl sites for hydroxylation is 1. The second kappa shape index (κ2) is 18.8. The number of hydrogen-bond donors (Lipinski definition) is 6. The lowest BCUT2D eigenvalue weighted by Gasteiger charge is -2.34. The highest BCUT2D eigenvalue weighted by Gasteiger charge is 2.50. The van der Waals surface area contributed by atoms with Gasteiger partial charge in [0.1, 0.15) is 17.6 Å². The van der Waals surface area contributed by atoms with Gasteiger partial charge in [0, 0.05) is 34.5 Å². The molecule has 0 saturated carbocycles. The Morgan fingerprint density at radius 2 is 1.60 bits per heavy atom. The van der Waals surface area contributed by atoms with Crippen molar-refractivity contribution in [3.8, 4) is 0 Å². The number of carboxylic acids is 1. The molecule has 3 aromatic rings. The van der Waals surface area contributed by atoms with Gasteiger partial charge in [-0.05, 0) is 86.6 Å². The Balaban J connectivity index is 1.32. The van der Waals surface area contributed by atoms with Crippen molar-refractivity contribution < 1.29 is 37.5 Å². The molecule has 0 bridgehead atoms. The van der Waals surface area contributed by atoms with Crippen LogP contribution in [0, 0.1) is 12.8 Å². The summed E-state index contributed by atoms with van der Waals surface area (Å²) >= 11 is 12.1. The number of hydrogen-bond acceptors (Lipinski definition) is 7. The topological polar surface area (TPSA) is 203 Å². The monoisotopic (exact) mass is 816 g/mol. The van der Waals surface area contributed by atoms with E-state index in [0.717, 1.165) is 9.87 Å². The Labute approximate surface area is 330 Å². The lowest BCUT2D eigenvalue weighted by atomic mass is 9.97. The average Bonchev–Trinajstić information content (AvgIpc) is 3.54. The first-order chi connectivity index (χ1) is 25.9. The smallest absolute Gasteiger partial charge is 0.326 e. The minimum absolute atomic E-state index is 0.0170. The molecule has 1 aliphatic rings. The number of aliphatic carboxylic acids is 1. The molecule has 1 fully saturated rings. The van der Waals surface area contributed by atoms with Crippen LogP contribution in [-0.2, 0) is 35.6 Å². The summed E-state index contributed by atoms with van der Waals surface area (Å²) in [5.41, 5.74) is 1.15. The molecular weight excluding hydrogens is 771 g/mol. The quantitative estimate of drug-likeness (QED) is 0.111. The van der Waals surface area contributed by atoms with E-state index in [1.54, 1.807) is 37.3 Å². The van der Waals surface area contributed by atoms with Gasteiger partial charge in [-0.3, -0.25) is 14.4 Å². The van der Waals surface area contributed by atoms with Crippen LogP contribution in [0.3, 0.4) is 0 Å². The second-order valence-corrected chi connectivity index (χ2v) is 16.4. The highest BCUT2D eigenvalue weighted by atomic mass is 35.5. The van der Waals surface area contributed by atoms with Crippen LogP contribution >= 0.6 is 23.2 Å². The van der Waals surface area contributed by atoms with E-state index in [-0.39, 0.29) is 53.2 Å². The molecule has 0 aromatic heterocycles. The molecule has 4 atom stereocenters. The molecule has 0 radical (unpaired) electrons. The molecule has 14 nitrogen and oxygen atoms in total. The van der Waals surface area contributed by atoms with Crippen molar-refractivity contribution in [3.05, 3.63) is 87.9 Å². The number of rotatable bonds is 16. The molecule has 1 heterocycles. The highest BCUT2D eigenvalue weighted by Crippen LogP contribution is 2.36. The van der Waals surface area contributed by atoms with Gasteiger partial charge in [-0.2, -0.15) is 4.31 Å². The molecule has 3 aromatic carbocycles. The van der Waals surface area contributed by atoms with Crippen molar-refractivity contribution in [1.29, 1.82) is 0 Å². The number of carbonyl (C=O) groups is 5. The first kappa shape index (κ1) is 43.0. The van der Waals surface area contributed by atoms with Crippen molar-refractivity contribution in [2.45, 2.75) is 82.3 Å². The second-order valence-electron chi connectivity index (χ2n) is 13.7. The molecule has 1 unspecified atom stereocenters. The van der Waals surface area contributed by atoms with Crippen molar-refractivity contribution >= 4 is 74.3 Å². The van der Waals surface area contributed by atoms with Gasteiger partial charge >= 0.3 is 12.0 Å². The van der Waals surface area contributed by atoms with Crippen LogP contribution in [-0.4, -0.2) is 78.3 Å². The zero-order valence-electron chi connectivity index (χ0n) is 30.9. The van der Waals surface area contributed by atoms with Crippen LogP contribution in [0.25, 0.3) is 0 Å². The fourth-order valence-electron chi connectivity index (χ4n) is 6.19. The van der Waals surface area contributed by atoms with Crippen molar-refractivity contribution in [3.63, 3.8) is 0 Å². The largest absolute Gasteiger partial charge is 0.480 e. The van der Waals surface area contributed by atoms with E-state index >= 15 is 0 Å². The maximum Gasteiger partial charge on any atom is 0.326 e. The number of nitrogens with one attached hydrogen (secondary N) is 5. The van der Waals surface area contributed by atoms with Crippen LogP contribution in [0.2, 0.25) is 10.0 Å². The van der Waals surface area contributed by atoms with Crippen molar-refractivity contribution in [2.75, 3.05) is 23.7 Å². The predicted octanol–water partition coefficient (Wildman–Crippen LogP) is 5.34. The SMILES string of the molecule is CCC(C)[C@H](NC(=O)Cc1ccc(NC(=O)Nc2ccccc2C)cc1)C(=O)NCC[C@H](NC(=O)[C@]1(C)CCCN1S(=O)(=O)c1cc(Cl)cc(Cl)c1)C(=O)O. The fourth-order valence-corrected chi connectivity index (χ4v) is 8.73. The molecule has 55 heavy (non-hydrogen) atoms. The summed E-state index contributed by atoms with van der Waals surface area (Å²) in [6.07, 6.45) is 0.780. The first-order valence-electron chi connectivity index (χ1n) is 17.8. The number of nitrogens with zero attached hydrogens (tertiary/aromatic N) is 1. The Bertz CT molecular complexity index is 2000. The Morgan fingerprint density at radius 3 is 2.22 bits per heavy atom. The van der Waals surface area contributed by atoms with Crippen LogP contribution in [0.4, 0.5) is 16.2 Å². The average molecular weight is 818 g/mol. The number of anilines is 2. The van der Waals surface area contributed by atoms with E-state index in [1.165, 1.54) is 25.1 Å². The minimum Gasteiger partial charge on any atom is -0.480 e. The molecule has 6 N–H and O–H groups in total. The molecule has 4 rings (SSSR count). The van der Waals surface area contributed by atoms with Gasteiger partial charge in [-0.25, -0.2) is 18.0 Å². The summed E-state index contributed by atoms with van der Waals surface area (Å²) in [6.45, 7) is 6.83. The van der Waals surface area contributed by atoms with E-state index < -0.39 is 57.4 Å². The third-order valence-electron chi connectivity index (χ3n) is 9.61. The van der Waals surface area contributed by atoms with E-state index in [0.29, 0.717) is 29.8 Å². The van der Waals surface area contributed by atoms with E-state index in [1.807, 2.05) is 32.0 Å². The number of halogens is 2.